The molecule has 0 aliphatic heterocycles. The Morgan fingerprint density at radius 2 is 2.19 bits per heavy atom. The van der Waals surface area contributed by atoms with Crippen molar-refractivity contribution in [3.63, 3.8) is 0 Å². The van der Waals surface area contributed by atoms with E-state index in [-0.39, 0.29) is 5.60 Å². The zero-order chi connectivity index (χ0) is 12.3. The van der Waals surface area contributed by atoms with E-state index in [0.29, 0.717) is 12.2 Å². The second-order valence-corrected chi connectivity index (χ2v) is 4.56. The van der Waals surface area contributed by atoms with Gasteiger partial charge in [-0.15, -0.1) is 0 Å². The minimum Gasteiger partial charge on any atom is -0.477 e. The molecule has 4 nitrogen and oxygen atoms in total. The number of aryl methyl sites for hydroxylation is 2. The number of hydrogen-bond donors (Lipinski definition) is 1. The summed E-state index contributed by atoms with van der Waals surface area (Å²) in [5, 5.41) is 9.07. The van der Waals surface area contributed by atoms with Crippen LogP contribution in [0.3, 0.4) is 0 Å². The van der Waals surface area contributed by atoms with Crippen molar-refractivity contribution in [1.82, 2.24) is 4.57 Å². The van der Waals surface area contributed by atoms with Crippen LogP contribution >= 0.6 is 0 Å². The fourth-order valence-corrected chi connectivity index (χ4v) is 1.55. The number of rotatable bonds is 5. The zero-order valence-electron chi connectivity index (χ0n) is 10.3. The Bertz CT molecular complexity index is 380. The predicted octanol–water partition coefficient (Wildman–Crippen LogP) is 2.31. The number of ether oxygens (including phenoxy) is 1. The summed E-state index contributed by atoms with van der Waals surface area (Å²) >= 11 is 0. The molecule has 0 aliphatic carbocycles. The molecule has 0 radical (unpaired) electrons. The van der Waals surface area contributed by atoms with Crippen LogP contribution in [-0.4, -0.2) is 28.4 Å². The van der Waals surface area contributed by atoms with Crippen molar-refractivity contribution in [2.45, 2.75) is 39.3 Å². The normalized spacial score (nSPS) is 11.8. The first-order valence-corrected chi connectivity index (χ1v) is 5.31. The first-order chi connectivity index (χ1) is 7.37. The third-order valence-electron chi connectivity index (χ3n) is 2.88. The number of carbonyl (C=O) groups is 1. The van der Waals surface area contributed by atoms with Crippen LogP contribution in [0.15, 0.2) is 12.3 Å². The number of aromatic nitrogens is 1. The van der Waals surface area contributed by atoms with Crippen LogP contribution in [0.2, 0.25) is 0 Å². The number of aromatic carboxylic acids is 1. The Hall–Kier alpha value is -1.29. The van der Waals surface area contributed by atoms with Crippen molar-refractivity contribution in [3.8, 4) is 0 Å². The summed E-state index contributed by atoms with van der Waals surface area (Å²) in [6.45, 7) is 6.44. The van der Waals surface area contributed by atoms with Gasteiger partial charge in [0.25, 0.3) is 0 Å². The highest BCUT2D eigenvalue weighted by molar-refractivity contribution is 5.87. The largest absolute Gasteiger partial charge is 0.477 e. The van der Waals surface area contributed by atoms with E-state index in [1.807, 2.05) is 26.1 Å². The molecule has 0 aromatic carbocycles. The van der Waals surface area contributed by atoms with E-state index in [2.05, 4.69) is 0 Å². The van der Waals surface area contributed by atoms with Gasteiger partial charge in [0.15, 0.2) is 0 Å². The third kappa shape index (κ3) is 2.85. The lowest BCUT2D eigenvalue weighted by molar-refractivity contribution is 0.0117. The highest BCUT2D eigenvalue weighted by Gasteiger charge is 2.18. The molecular formula is C12H19NO3. The minimum atomic E-state index is -0.877. The summed E-state index contributed by atoms with van der Waals surface area (Å²) < 4.78 is 7.07. The molecule has 1 aromatic heterocycles. The summed E-state index contributed by atoms with van der Waals surface area (Å²) in [6, 6.07) is 1.82. The molecule has 0 saturated carbocycles. The summed E-state index contributed by atoms with van der Waals surface area (Å²) in [5.41, 5.74) is 0.933. The molecule has 0 fully saturated rings. The number of carboxylic acids is 1. The summed E-state index contributed by atoms with van der Waals surface area (Å²) in [7, 11) is 1.67. The predicted molar refractivity (Wildman–Crippen MR) is 61.8 cm³/mol. The van der Waals surface area contributed by atoms with Crippen molar-refractivity contribution in [2.24, 2.45) is 0 Å². The number of methoxy groups -OCH3 is 1. The maximum Gasteiger partial charge on any atom is 0.352 e. The Morgan fingerprint density at radius 3 is 2.69 bits per heavy atom. The summed E-state index contributed by atoms with van der Waals surface area (Å²) in [4.78, 5) is 11.0. The van der Waals surface area contributed by atoms with Crippen molar-refractivity contribution < 1.29 is 14.6 Å². The molecular weight excluding hydrogens is 206 g/mol. The lowest BCUT2D eigenvalue weighted by atomic mass is 10.1. The first kappa shape index (κ1) is 12.8. The summed E-state index contributed by atoms with van der Waals surface area (Å²) in [6.07, 6.45) is 2.59. The molecule has 90 valence electrons. The lowest BCUT2D eigenvalue weighted by Crippen LogP contribution is -2.25. The smallest absolute Gasteiger partial charge is 0.352 e. The van der Waals surface area contributed by atoms with Gasteiger partial charge in [0.2, 0.25) is 0 Å². The van der Waals surface area contributed by atoms with E-state index < -0.39 is 5.97 Å². The number of hydrogen-bond acceptors (Lipinski definition) is 2. The van der Waals surface area contributed by atoms with Crippen LogP contribution < -0.4 is 0 Å². The SMILES string of the molecule is COC(C)(C)CCn1ccc(C)c1C(=O)O. The maximum atomic E-state index is 11.0. The molecule has 1 heterocycles. The van der Waals surface area contributed by atoms with Gasteiger partial charge >= 0.3 is 5.97 Å². The lowest BCUT2D eigenvalue weighted by Gasteiger charge is -2.23. The minimum absolute atomic E-state index is 0.228. The highest BCUT2D eigenvalue weighted by Crippen LogP contribution is 2.17. The van der Waals surface area contributed by atoms with Crippen LogP contribution in [0.4, 0.5) is 0 Å². The monoisotopic (exact) mass is 225 g/mol. The Kier molecular flexibility index (Phi) is 3.75. The average Bonchev–Trinajstić information content (AvgIpc) is 2.57. The van der Waals surface area contributed by atoms with Crippen molar-refractivity contribution in [3.05, 3.63) is 23.5 Å². The van der Waals surface area contributed by atoms with Gasteiger partial charge in [-0.05, 0) is 38.8 Å². The molecule has 0 saturated heterocycles. The fraction of sp³-hybridized carbons (Fsp3) is 0.583. The maximum absolute atomic E-state index is 11.0. The van der Waals surface area contributed by atoms with Gasteiger partial charge in [0, 0.05) is 19.9 Å². The van der Waals surface area contributed by atoms with Gasteiger partial charge in [0.1, 0.15) is 5.69 Å². The van der Waals surface area contributed by atoms with Crippen LogP contribution in [0.5, 0.6) is 0 Å². The molecule has 0 aliphatic rings. The number of nitrogens with zero attached hydrogens (tertiary/aromatic N) is 1. The van der Waals surface area contributed by atoms with Crippen molar-refractivity contribution in [2.75, 3.05) is 7.11 Å². The van der Waals surface area contributed by atoms with E-state index >= 15 is 0 Å². The quantitative estimate of drug-likeness (QED) is 0.836. The van der Waals surface area contributed by atoms with Crippen LogP contribution in [0.1, 0.15) is 36.3 Å². The van der Waals surface area contributed by atoms with E-state index in [0.717, 1.165) is 12.0 Å². The van der Waals surface area contributed by atoms with Crippen molar-refractivity contribution >= 4 is 5.97 Å². The van der Waals surface area contributed by atoms with Gasteiger partial charge in [-0.25, -0.2) is 4.79 Å². The second kappa shape index (κ2) is 4.70. The number of carboxylic acid groups (broad SMARTS) is 1. The Labute approximate surface area is 95.8 Å². The van der Waals surface area contributed by atoms with Crippen molar-refractivity contribution in [1.29, 1.82) is 0 Å². The van der Waals surface area contributed by atoms with Gasteiger partial charge in [-0.2, -0.15) is 0 Å². The van der Waals surface area contributed by atoms with Gasteiger partial charge in [-0.1, -0.05) is 0 Å². The molecule has 4 heteroatoms. The average molecular weight is 225 g/mol. The first-order valence-electron chi connectivity index (χ1n) is 5.31. The van der Waals surface area contributed by atoms with Crippen LogP contribution in [0, 0.1) is 6.92 Å². The van der Waals surface area contributed by atoms with E-state index in [1.165, 1.54) is 0 Å². The topological polar surface area (TPSA) is 51.5 Å². The molecule has 16 heavy (non-hydrogen) atoms. The van der Waals surface area contributed by atoms with Crippen LogP contribution in [-0.2, 0) is 11.3 Å². The molecule has 0 spiro atoms. The van der Waals surface area contributed by atoms with Gasteiger partial charge in [0.05, 0.1) is 5.60 Å². The molecule has 0 amide bonds. The molecule has 0 unspecified atom stereocenters. The van der Waals surface area contributed by atoms with Crippen LogP contribution in [0.25, 0.3) is 0 Å². The fourth-order valence-electron chi connectivity index (χ4n) is 1.55. The highest BCUT2D eigenvalue weighted by atomic mass is 16.5. The Balaban J connectivity index is 2.79. The molecule has 1 aromatic rings. The standard InChI is InChI=1S/C12H19NO3/c1-9-5-7-13(10(9)11(14)15)8-6-12(2,3)16-4/h5,7H,6,8H2,1-4H3,(H,14,15). The molecule has 0 atom stereocenters. The Morgan fingerprint density at radius 1 is 1.56 bits per heavy atom. The molecule has 0 bridgehead atoms. The second-order valence-electron chi connectivity index (χ2n) is 4.56. The molecule has 1 rings (SSSR count). The van der Waals surface area contributed by atoms with E-state index in [4.69, 9.17) is 9.84 Å². The zero-order valence-corrected chi connectivity index (χ0v) is 10.3. The molecule has 1 N–H and O–H groups in total. The van der Waals surface area contributed by atoms with E-state index in [1.54, 1.807) is 18.6 Å². The summed E-state index contributed by atoms with van der Waals surface area (Å²) in [5.74, 6) is -0.877. The third-order valence-corrected chi connectivity index (χ3v) is 2.88. The van der Waals surface area contributed by atoms with E-state index in [9.17, 15) is 4.79 Å². The van der Waals surface area contributed by atoms with Gasteiger partial charge in [-0.3, -0.25) is 0 Å². The van der Waals surface area contributed by atoms with Gasteiger partial charge < -0.3 is 14.4 Å².